The van der Waals surface area contributed by atoms with Gasteiger partial charge in [0.1, 0.15) is 5.82 Å². The van der Waals surface area contributed by atoms with E-state index in [0.29, 0.717) is 6.07 Å². The first-order valence-corrected chi connectivity index (χ1v) is 9.99. The number of hydrogen-bond acceptors (Lipinski definition) is 5. The summed E-state index contributed by atoms with van der Waals surface area (Å²) in [6.45, 7) is 2.43. The Labute approximate surface area is 140 Å². The first-order chi connectivity index (χ1) is 10.9. The fraction of sp³-hybridized carbons (Fsp3) is 0.462. The van der Waals surface area contributed by atoms with Crippen LogP contribution in [-0.4, -0.2) is 51.6 Å². The Hall–Kier alpha value is -1.72. The number of hydrogen-bond donors (Lipinski definition) is 2. The second-order valence-electron chi connectivity index (χ2n) is 5.17. The number of nitrogens with zero attached hydrogens (tertiary/aromatic N) is 1. The molecule has 1 aromatic rings. The molecule has 1 aromatic carbocycles. The number of rotatable bonds is 8. The average molecular weight is 382 g/mol. The van der Waals surface area contributed by atoms with Crippen LogP contribution in [0.3, 0.4) is 0 Å². The number of anilines is 1. The largest absolute Gasteiger partial charge is 0.481 e. The van der Waals surface area contributed by atoms with Gasteiger partial charge in [-0.15, -0.1) is 0 Å². The topological polar surface area (TPSA) is 121 Å². The van der Waals surface area contributed by atoms with Crippen LogP contribution in [0.15, 0.2) is 23.1 Å². The number of carboxylic acid groups (broad SMARTS) is 1. The molecule has 1 rings (SSSR count). The van der Waals surface area contributed by atoms with Crippen molar-refractivity contribution in [2.45, 2.75) is 18.7 Å². The second-order valence-corrected chi connectivity index (χ2v) is 9.23. The Morgan fingerprint density at radius 3 is 2.38 bits per heavy atom. The van der Waals surface area contributed by atoms with E-state index < -0.39 is 42.6 Å². The molecule has 0 aromatic heterocycles. The Balaban J connectivity index is 3.10. The number of sulfonamides is 2. The van der Waals surface area contributed by atoms with Gasteiger partial charge in [-0.05, 0) is 25.1 Å². The minimum absolute atomic E-state index is 0.262. The third-order valence-electron chi connectivity index (χ3n) is 3.25. The van der Waals surface area contributed by atoms with E-state index in [2.05, 4.69) is 0 Å². The molecule has 0 bridgehead atoms. The van der Waals surface area contributed by atoms with Gasteiger partial charge in [0.15, 0.2) is 0 Å². The van der Waals surface area contributed by atoms with Crippen LogP contribution in [0.5, 0.6) is 0 Å². The number of halogens is 1. The standard InChI is InChI=1S/C13H19FN2O6S2/c1-4-23(19,20)15-12-6-5-10(7-11(12)14)24(21,22)16(3)8-9(2)13(17)18/h5-7,9,15H,4,8H2,1-3H3,(H,17,18). The van der Waals surface area contributed by atoms with Gasteiger partial charge in [-0.3, -0.25) is 9.52 Å². The normalized spacial score (nSPS) is 13.7. The maximum absolute atomic E-state index is 14.0. The van der Waals surface area contributed by atoms with Crippen molar-refractivity contribution in [3.8, 4) is 0 Å². The highest BCUT2D eigenvalue weighted by Crippen LogP contribution is 2.22. The highest BCUT2D eigenvalue weighted by atomic mass is 32.2. The van der Waals surface area contributed by atoms with Crippen molar-refractivity contribution >= 4 is 31.7 Å². The maximum atomic E-state index is 14.0. The van der Waals surface area contributed by atoms with Gasteiger partial charge >= 0.3 is 5.97 Å². The summed E-state index contributed by atoms with van der Waals surface area (Å²) in [6.07, 6.45) is 0. The highest BCUT2D eigenvalue weighted by molar-refractivity contribution is 7.92. The third-order valence-corrected chi connectivity index (χ3v) is 6.36. The van der Waals surface area contributed by atoms with Gasteiger partial charge in [0.2, 0.25) is 20.0 Å². The third kappa shape index (κ3) is 4.89. The Morgan fingerprint density at radius 2 is 1.92 bits per heavy atom. The molecule has 2 N–H and O–H groups in total. The van der Waals surface area contributed by atoms with E-state index in [1.165, 1.54) is 20.9 Å². The molecule has 0 aliphatic heterocycles. The van der Waals surface area contributed by atoms with Crippen molar-refractivity contribution in [2.75, 3.05) is 24.1 Å². The van der Waals surface area contributed by atoms with Crippen LogP contribution in [0.2, 0.25) is 0 Å². The summed E-state index contributed by atoms with van der Waals surface area (Å²) in [5.41, 5.74) is -0.364. The second kappa shape index (κ2) is 7.45. The minimum atomic E-state index is -4.10. The fourth-order valence-corrected chi connectivity index (χ4v) is 3.64. The van der Waals surface area contributed by atoms with Crippen LogP contribution in [0.1, 0.15) is 13.8 Å². The van der Waals surface area contributed by atoms with E-state index in [1.54, 1.807) is 0 Å². The SMILES string of the molecule is CCS(=O)(=O)Nc1ccc(S(=O)(=O)N(C)CC(C)C(=O)O)cc1F. The number of benzene rings is 1. The summed E-state index contributed by atoms with van der Waals surface area (Å²) in [5.74, 6) is -3.41. The lowest BCUT2D eigenvalue weighted by Gasteiger charge is -2.19. The van der Waals surface area contributed by atoms with Crippen molar-refractivity contribution in [1.29, 1.82) is 0 Å². The lowest BCUT2D eigenvalue weighted by molar-refractivity contribution is -0.141. The van der Waals surface area contributed by atoms with Crippen molar-refractivity contribution in [1.82, 2.24) is 4.31 Å². The van der Waals surface area contributed by atoms with E-state index >= 15 is 0 Å². The van der Waals surface area contributed by atoms with Crippen molar-refractivity contribution in [2.24, 2.45) is 5.92 Å². The highest BCUT2D eigenvalue weighted by Gasteiger charge is 2.26. The number of aliphatic carboxylic acids is 1. The lowest BCUT2D eigenvalue weighted by Crippen LogP contribution is -2.33. The smallest absolute Gasteiger partial charge is 0.307 e. The molecule has 0 saturated heterocycles. The maximum Gasteiger partial charge on any atom is 0.307 e. The van der Waals surface area contributed by atoms with Crippen LogP contribution < -0.4 is 4.72 Å². The summed E-state index contributed by atoms with van der Waals surface area (Å²) < 4.78 is 64.3. The lowest BCUT2D eigenvalue weighted by atomic mass is 10.2. The zero-order valence-corrected chi connectivity index (χ0v) is 15.0. The zero-order chi connectivity index (χ0) is 18.7. The molecular formula is C13H19FN2O6S2. The summed E-state index contributed by atoms with van der Waals surface area (Å²) >= 11 is 0. The molecule has 0 amide bonds. The molecule has 0 aliphatic rings. The number of carbonyl (C=O) groups is 1. The molecule has 11 heteroatoms. The van der Waals surface area contributed by atoms with E-state index in [9.17, 15) is 26.0 Å². The Kier molecular flexibility index (Phi) is 6.31. The van der Waals surface area contributed by atoms with Gasteiger partial charge in [-0.25, -0.2) is 25.5 Å². The summed E-state index contributed by atoms with van der Waals surface area (Å²) in [6, 6.07) is 2.74. The first-order valence-electron chi connectivity index (χ1n) is 6.90. The molecule has 1 atom stereocenters. The molecule has 0 spiro atoms. The molecular weight excluding hydrogens is 363 g/mol. The molecule has 1 unspecified atom stereocenters. The van der Waals surface area contributed by atoms with Crippen LogP contribution >= 0.6 is 0 Å². The predicted molar refractivity (Wildman–Crippen MR) is 86.1 cm³/mol. The Morgan fingerprint density at radius 1 is 1.33 bits per heavy atom. The van der Waals surface area contributed by atoms with Gasteiger partial charge in [-0.1, -0.05) is 6.92 Å². The monoisotopic (exact) mass is 382 g/mol. The Bertz CT molecular complexity index is 823. The quantitative estimate of drug-likeness (QED) is 0.690. The van der Waals surface area contributed by atoms with Crippen LogP contribution in [0, 0.1) is 11.7 Å². The minimum Gasteiger partial charge on any atom is -0.481 e. The molecule has 0 fully saturated rings. The van der Waals surface area contributed by atoms with Crippen LogP contribution in [-0.2, 0) is 24.8 Å². The molecule has 8 nitrogen and oxygen atoms in total. The molecule has 0 heterocycles. The fourth-order valence-electron chi connectivity index (χ4n) is 1.72. The molecule has 136 valence electrons. The predicted octanol–water partition coefficient (Wildman–Crippen LogP) is 0.928. The van der Waals surface area contributed by atoms with Crippen molar-refractivity contribution < 1.29 is 31.1 Å². The van der Waals surface area contributed by atoms with Gasteiger partial charge in [-0.2, -0.15) is 0 Å². The van der Waals surface area contributed by atoms with Crippen LogP contribution in [0.25, 0.3) is 0 Å². The van der Waals surface area contributed by atoms with E-state index in [1.807, 2.05) is 4.72 Å². The number of carboxylic acids is 1. The molecule has 0 saturated carbocycles. The summed E-state index contributed by atoms with van der Waals surface area (Å²) in [5, 5.41) is 8.83. The summed E-state index contributed by atoms with van der Waals surface area (Å²) in [7, 11) is -6.62. The molecule has 0 radical (unpaired) electrons. The molecule has 24 heavy (non-hydrogen) atoms. The average Bonchev–Trinajstić information content (AvgIpc) is 2.48. The van der Waals surface area contributed by atoms with Crippen LogP contribution in [0.4, 0.5) is 10.1 Å². The molecule has 0 aliphatic carbocycles. The van der Waals surface area contributed by atoms with E-state index in [-0.39, 0.29) is 18.0 Å². The van der Waals surface area contributed by atoms with E-state index in [4.69, 9.17) is 5.11 Å². The zero-order valence-electron chi connectivity index (χ0n) is 13.4. The van der Waals surface area contributed by atoms with Gasteiger partial charge < -0.3 is 5.11 Å². The van der Waals surface area contributed by atoms with Gasteiger partial charge in [0.25, 0.3) is 0 Å². The van der Waals surface area contributed by atoms with Crippen molar-refractivity contribution in [3.63, 3.8) is 0 Å². The van der Waals surface area contributed by atoms with Gasteiger partial charge in [0, 0.05) is 13.6 Å². The number of nitrogens with one attached hydrogen (secondary N) is 1. The van der Waals surface area contributed by atoms with E-state index in [0.717, 1.165) is 16.4 Å². The van der Waals surface area contributed by atoms with Gasteiger partial charge in [0.05, 0.1) is 22.3 Å². The van der Waals surface area contributed by atoms with Crippen molar-refractivity contribution in [3.05, 3.63) is 24.0 Å². The first kappa shape index (κ1) is 20.3. The summed E-state index contributed by atoms with van der Waals surface area (Å²) in [4.78, 5) is 10.4.